The van der Waals surface area contributed by atoms with Gasteiger partial charge >= 0.3 is 0 Å². The molecule has 0 amide bonds. The van der Waals surface area contributed by atoms with Crippen LogP contribution in [-0.4, -0.2) is 4.98 Å². The van der Waals surface area contributed by atoms with Crippen molar-refractivity contribution < 1.29 is 0 Å². The van der Waals surface area contributed by atoms with E-state index in [4.69, 9.17) is 28.9 Å². The molecule has 0 saturated heterocycles. The lowest BCUT2D eigenvalue weighted by molar-refractivity contribution is 1.25. The van der Waals surface area contributed by atoms with Gasteiger partial charge < -0.3 is 11.1 Å². The first kappa shape index (κ1) is 14.0. The number of nitrogens with one attached hydrogen (secondary N) is 1. The van der Waals surface area contributed by atoms with Gasteiger partial charge in [-0.1, -0.05) is 23.2 Å². The average Bonchev–Trinajstić information content (AvgIpc) is 2.42. The highest BCUT2D eigenvalue weighted by atomic mass is 35.5. The third kappa shape index (κ3) is 2.89. The molecule has 0 aliphatic heterocycles. The van der Waals surface area contributed by atoms with Crippen molar-refractivity contribution >= 4 is 51.2 Å². The van der Waals surface area contributed by atoms with Gasteiger partial charge in [0.25, 0.3) is 0 Å². The Kier molecular flexibility index (Phi) is 3.62. The summed E-state index contributed by atoms with van der Waals surface area (Å²) < 4.78 is 0. The molecule has 0 radical (unpaired) electrons. The van der Waals surface area contributed by atoms with E-state index in [1.807, 2.05) is 37.3 Å². The molecule has 0 spiro atoms. The first-order valence-electron chi connectivity index (χ1n) is 6.42. The zero-order valence-electron chi connectivity index (χ0n) is 11.3. The lowest BCUT2D eigenvalue weighted by atomic mass is 10.1. The van der Waals surface area contributed by atoms with E-state index >= 15 is 0 Å². The van der Waals surface area contributed by atoms with Crippen LogP contribution in [0.2, 0.25) is 10.0 Å². The molecule has 3 N–H and O–H groups in total. The number of aromatic nitrogens is 1. The Labute approximate surface area is 132 Å². The molecule has 0 unspecified atom stereocenters. The summed E-state index contributed by atoms with van der Waals surface area (Å²) in [5.41, 5.74) is 10.1. The number of hydrogen-bond acceptors (Lipinski definition) is 3. The topological polar surface area (TPSA) is 50.9 Å². The predicted octanol–water partition coefficient (Wildman–Crippen LogP) is 5.18. The number of aryl methyl sites for hydroxylation is 1. The highest BCUT2D eigenvalue weighted by Gasteiger charge is 2.07. The van der Waals surface area contributed by atoms with Gasteiger partial charge in [0.1, 0.15) is 0 Å². The fraction of sp³-hybridized carbons (Fsp3) is 0.0625. The summed E-state index contributed by atoms with van der Waals surface area (Å²) >= 11 is 12.1. The van der Waals surface area contributed by atoms with Crippen LogP contribution in [0.1, 0.15) is 5.69 Å². The van der Waals surface area contributed by atoms with Gasteiger partial charge in [-0.25, -0.2) is 0 Å². The molecule has 3 rings (SSSR count). The van der Waals surface area contributed by atoms with Crippen LogP contribution in [0.15, 0.2) is 42.5 Å². The van der Waals surface area contributed by atoms with Crippen molar-refractivity contribution in [3.63, 3.8) is 0 Å². The van der Waals surface area contributed by atoms with Crippen molar-refractivity contribution in [3.8, 4) is 0 Å². The van der Waals surface area contributed by atoms with E-state index < -0.39 is 0 Å². The van der Waals surface area contributed by atoms with E-state index in [1.54, 1.807) is 12.1 Å². The van der Waals surface area contributed by atoms with Crippen molar-refractivity contribution in [2.24, 2.45) is 0 Å². The SMILES string of the molecule is Cc1cc(Nc2ccc(Cl)cc2Cl)c2cc(N)ccc2n1. The minimum absolute atomic E-state index is 0.564. The van der Waals surface area contributed by atoms with Gasteiger partial charge in [-0.15, -0.1) is 0 Å². The standard InChI is InChI=1S/C16H13Cl2N3/c1-9-6-16(12-8-11(19)3-5-14(12)20-9)21-15-4-2-10(17)7-13(15)18/h2-8H,19H2,1H3,(H,20,21). The summed E-state index contributed by atoms with van der Waals surface area (Å²) in [5, 5.41) is 5.44. The molecule has 106 valence electrons. The first-order valence-corrected chi connectivity index (χ1v) is 7.17. The second kappa shape index (κ2) is 5.43. The number of rotatable bonds is 2. The lowest BCUT2D eigenvalue weighted by Crippen LogP contribution is -1.96. The summed E-state index contributed by atoms with van der Waals surface area (Å²) in [6.07, 6.45) is 0. The molecule has 1 heterocycles. The first-order chi connectivity index (χ1) is 10.0. The van der Waals surface area contributed by atoms with Crippen molar-refractivity contribution in [1.82, 2.24) is 4.98 Å². The molecule has 2 aromatic carbocycles. The number of hydrogen-bond donors (Lipinski definition) is 2. The molecule has 5 heteroatoms. The number of nitrogens with zero attached hydrogens (tertiary/aromatic N) is 1. The molecule has 1 aromatic heterocycles. The maximum atomic E-state index is 6.21. The number of anilines is 3. The van der Waals surface area contributed by atoms with Gasteiger partial charge in [0.2, 0.25) is 0 Å². The smallest absolute Gasteiger partial charge is 0.0727 e. The maximum Gasteiger partial charge on any atom is 0.0727 e. The summed E-state index contributed by atoms with van der Waals surface area (Å²) in [4.78, 5) is 4.51. The fourth-order valence-corrected chi connectivity index (χ4v) is 2.67. The quantitative estimate of drug-likeness (QED) is 0.640. The molecule has 0 aliphatic carbocycles. The predicted molar refractivity (Wildman–Crippen MR) is 90.6 cm³/mol. The molecule has 0 bridgehead atoms. The number of pyridine rings is 1. The second-order valence-electron chi connectivity index (χ2n) is 4.84. The van der Waals surface area contributed by atoms with Gasteiger partial charge in [0.15, 0.2) is 0 Å². The Bertz CT molecular complexity index is 831. The molecule has 21 heavy (non-hydrogen) atoms. The Morgan fingerprint density at radius 1 is 1.00 bits per heavy atom. The van der Waals surface area contributed by atoms with E-state index in [0.29, 0.717) is 15.7 Å². The van der Waals surface area contributed by atoms with Crippen LogP contribution in [-0.2, 0) is 0 Å². The van der Waals surface area contributed by atoms with E-state index in [-0.39, 0.29) is 0 Å². The van der Waals surface area contributed by atoms with Crippen molar-refractivity contribution in [3.05, 3.63) is 58.2 Å². The summed E-state index contributed by atoms with van der Waals surface area (Å²) in [5.74, 6) is 0. The van der Waals surface area contributed by atoms with E-state index in [1.165, 1.54) is 0 Å². The van der Waals surface area contributed by atoms with E-state index in [2.05, 4.69) is 10.3 Å². The summed E-state index contributed by atoms with van der Waals surface area (Å²) in [7, 11) is 0. The third-order valence-corrected chi connectivity index (χ3v) is 3.71. The number of nitrogen functional groups attached to an aromatic ring is 1. The monoisotopic (exact) mass is 317 g/mol. The minimum Gasteiger partial charge on any atom is -0.399 e. The van der Waals surface area contributed by atoms with Gasteiger partial charge in [-0.05, 0) is 49.4 Å². The summed E-state index contributed by atoms with van der Waals surface area (Å²) in [6.45, 7) is 1.95. The second-order valence-corrected chi connectivity index (χ2v) is 5.68. The minimum atomic E-state index is 0.564. The van der Waals surface area contributed by atoms with E-state index in [9.17, 15) is 0 Å². The maximum absolute atomic E-state index is 6.21. The van der Waals surface area contributed by atoms with Crippen LogP contribution in [0.4, 0.5) is 17.1 Å². The van der Waals surface area contributed by atoms with Crippen LogP contribution in [0.3, 0.4) is 0 Å². The highest BCUT2D eigenvalue weighted by molar-refractivity contribution is 6.36. The van der Waals surface area contributed by atoms with Crippen molar-refractivity contribution in [2.75, 3.05) is 11.1 Å². The van der Waals surface area contributed by atoms with Gasteiger partial charge in [-0.3, -0.25) is 4.98 Å². The Morgan fingerprint density at radius 2 is 1.81 bits per heavy atom. The van der Waals surface area contributed by atoms with Crippen LogP contribution >= 0.6 is 23.2 Å². The molecular weight excluding hydrogens is 305 g/mol. The number of halogens is 2. The third-order valence-electron chi connectivity index (χ3n) is 3.16. The zero-order valence-corrected chi connectivity index (χ0v) is 12.8. The molecule has 0 fully saturated rings. The van der Waals surface area contributed by atoms with Crippen LogP contribution in [0.5, 0.6) is 0 Å². The normalized spacial score (nSPS) is 10.8. The van der Waals surface area contributed by atoms with Crippen LogP contribution in [0.25, 0.3) is 10.9 Å². The molecule has 3 aromatic rings. The summed E-state index contributed by atoms with van der Waals surface area (Å²) in [6, 6.07) is 13.0. The molecule has 3 nitrogen and oxygen atoms in total. The van der Waals surface area contributed by atoms with Gasteiger partial charge in [-0.2, -0.15) is 0 Å². The number of fused-ring (bicyclic) bond motifs is 1. The molecule has 0 saturated carbocycles. The van der Waals surface area contributed by atoms with Crippen LogP contribution in [0, 0.1) is 6.92 Å². The largest absolute Gasteiger partial charge is 0.399 e. The van der Waals surface area contributed by atoms with Crippen LogP contribution < -0.4 is 11.1 Å². The molecule has 0 atom stereocenters. The number of benzene rings is 2. The number of nitrogens with two attached hydrogens (primary N) is 1. The van der Waals surface area contributed by atoms with Gasteiger partial charge in [0, 0.05) is 27.5 Å². The Balaban J connectivity index is 2.13. The van der Waals surface area contributed by atoms with E-state index in [0.717, 1.165) is 28.0 Å². The van der Waals surface area contributed by atoms with Crippen molar-refractivity contribution in [1.29, 1.82) is 0 Å². The Morgan fingerprint density at radius 3 is 2.57 bits per heavy atom. The average molecular weight is 318 g/mol. The molecular formula is C16H13Cl2N3. The highest BCUT2D eigenvalue weighted by Crippen LogP contribution is 2.32. The van der Waals surface area contributed by atoms with Gasteiger partial charge in [0.05, 0.1) is 16.2 Å². The zero-order chi connectivity index (χ0) is 15.0. The molecule has 0 aliphatic rings. The van der Waals surface area contributed by atoms with Crippen molar-refractivity contribution in [2.45, 2.75) is 6.92 Å². The fourth-order valence-electron chi connectivity index (χ4n) is 2.22. The lowest BCUT2D eigenvalue weighted by Gasteiger charge is -2.12. The Hall–Kier alpha value is -1.97.